The van der Waals surface area contributed by atoms with Crippen LogP contribution in [-0.4, -0.2) is 27.2 Å². The summed E-state index contributed by atoms with van der Waals surface area (Å²) in [5, 5.41) is 7.18. The molecule has 0 aliphatic heterocycles. The van der Waals surface area contributed by atoms with E-state index < -0.39 is 0 Å². The summed E-state index contributed by atoms with van der Waals surface area (Å²) < 4.78 is 2.64. The van der Waals surface area contributed by atoms with Gasteiger partial charge in [0.2, 0.25) is 0 Å². The molecule has 3 rings (SSSR count). The van der Waals surface area contributed by atoms with Gasteiger partial charge in [-0.1, -0.05) is 35.9 Å². The molecule has 134 valence electrons. The van der Waals surface area contributed by atoms with Gasteiger partial charge in [0.25, 0.3) is 0 Å². The van der Waals surface area contributed by atoms with Crippen molar-refractivity contribution in [2.24, 2.45) is 0 Å². The zero-order valence-corrected chi connectivity index (χ0v) is 15.2. The molecule has 26 heavy (non-hydrogen) atoms. The van der Waals surface area contributed by atoms with Gasteiger partial charge >= 0.3 is 5.69 Å². The van der Waals surface area contributed by atoms with Crippen molar-refractivity contribution >= 4 is 5.78 Å². The molecule has 0 atom stereocenters. The minimum absolute atomic E-state index is 0.0758. The molecule has 0 amide bonds. The number of Topliss-reactive ketones (excluding diaryl/α,β-unsaturated/α-hetero) is 1. The summed E-state index contributed by atoms with van der Waals surface area (Å²) in [6.07, 6.45) is 1.45. The van der Waals surface area contributed by atoms with E-state index in [2.05, 4.69) is 10.4 Å². The lowest BCUT2D eigenvalue weighted by Gasteiger charge is -2.06. The molecule has 3 aromatic rings. The minimum Gasteiger partial charge on any atom is -0.316 e. The SMILES string of the molecule is CNCc1ccc(-n2cnn(CC(=O)c3ccc(C)cc3C)c2=O)cc1. The average molecular weight is 350 g/mol. The molecule has 6 nitrogen and oxygen atoms in total. The van der Waals surface area contributed by atoms with Crippen molar-refractivity contribution in [3.8, 4) is 5.69 Å². The molecular weight excluding hydrogens is 328 g/mol. The van der Waals surface area contributed by atoms with E-state index in [9.17, 15) is 9.59 Å². The molecule has 0 saturated carbocycles. The van der Waals surface area contributed by atoms with E-state index in [1.54, 1.807) is 6.07 Å². The molecule has 0 aliphatic rings. The fraction of sp³-hybridized carbons (Fsp3) is 0.250. The van der Waals surface area contributed by atoms with Crippen LogP contribution in [0.2, 0.25) is 0 Å². The summed E-state index contributed by atoms with van der Waals surface area (Å²) >= 11 is 0. The summed E-state index contributed by atoms with van der Waals surface area (Å²) in [6, 6.07) is 13.3. The quantitative estimate of drug-likeness (QED) is 0.693. The van der Waals surface area contributed by atoms with Crippen LogP contribution in [0.25, 0.3) is 5.69 Å². The van der Waals surface area contributed by atoms with E-state index in [-0.39, 0.29) is 18.0 Å². The van der Waals surface area contributed by atoms with Crippen LogP contribution in [-0.2, 0) is 13.1 Å². The van der Waals surface area contributed by atoms with Crippen LogP contribution in [0, 0.1) is 13.8 Å². The van der Waals surface area contributed by atoms with Crippen LogP contribution < -0.4 is 11.0 Å². The van der Waals surface area contributed by atoms with E-state index in [4.69, 9.17) is 0 Å². The summed E-state index contributed by atoms with van der Waals surface area (Å²) in [5.41, 5.74) is 4.14. The summed E-state index contributed by atoms with van der Waals surface area (Å²) in [6.45, 7) is 4.57. The van der Waals surface area contributed by atoms with Crippen LogP contribution in [0.5, 0.6) is 0 Å². The zero-order chi connectivity index (χ0) is 18.7. The lowest BCUT2D eigenvalue weighted by Crippen LogP contribution is -2.27. The fourth-order valence-corrected chi connectivity index (χ4v) is 2.95. The number of carbonyl (C=O) groups is 1. The molecule has 0 radical (unpaired) electrons. The van der Waals surface area contributed by atoms with Gasteiger partial charge in [-0.05, 0) is 44.2 Å². The average Bonchev–Trinajstić information content (AvgIpc) is 2.96. The van der Waals surface area contributed by atoms with E-state index in [0.717, 1.165) is 28.9 Å². The smallest absolute Gasteiger partial charge is 0.316 e. The third kappa shape index (κ3) is 3.65. The molecule has 1 aromatic heterocycles. The molecule has 0 fully saturated rings. The largest absolute Gasteiger partial charge is 0.350 e. The molecule has 0 unspecified atom stereocenters. The molecule has 0 spiro atoms. The van der Waals surface area contributed by atoms with Crippen LogP contribution in [0.1, 0.15) is 27.0 Å². The normalized spacial score (nSPS) is 10.9. The Kier molecular flexibility index (Phi) is 5.14. The van der Waals surface area contributed by atoms with E-state index in [1.807, 2.05) is 57.3 Å². The Morgan fingerprint density at radius 3 is 2.50 bits per heavy atom. The number of rotatable bonds is 6. The zero-order valence-electron chi connectivity index (χ0n) is 15.2. The molecule has 1 heterocycles. The number of nitrogens with one attached hydrogen (secondary N) is 1. The van der Waals surface area contributed by atoms with Crippen molar-refractivity contribution in [1.29, 1.82) is 0 Å². The highest BCUT2D eigenvalue weighted by molar-refractivity contribution is 5.97. The molecule has 1 N–H and O–H groups in total. The second-order valence-electron chi connectivity index (χ2n) is 6.38. The third-order valence-corrected chi connectivity index (χ3v) is 4.30. The van der Waals surface area contributed by atoms with Crippen LogP contribution in [0.3, 0.4) is 0 Å². The van der Waals surface area contributed by atoms with Gasteiger partial charge in [0.15, 0.2) is 5.78 Å². The highest BCUT2D eigenvalue weighted by Crippen LogP contribution is 2.12. The maximum Gasteiger partial charge on any atom is 0.350 e. The summed E-state index contributed by atoms with van der Waals surface area (Å²) in [7, 11) is 1.88. The molecule has 0 bridgehead atoms. The standard InChI is InChI=1S/C20H22N4O2/c1-14-4-9-18(15(2)10-14)19(25)12-24-20(26)23(13-22-24)17-7-5-16(6-8-17)11-21-3/h4-10,13,21H,11-12H2,1-3H3. The summed E-state index contributed by atoms with van der Waals surface area (Å²) in [4.78, 5) is 25.1. The Labute approximate surface area is 152 Å². The van der Waals surface area contributed by atoms with Crippen molar-refractivity contribution in [3.63, 3.8) is 0 Å². The Bertz CT molecular complexity index is 984. The number of hydrogen-bond acceptors (Lipinski definition) is 4. The van der Waals surface area contributed by atoms with Crippen molar-refractivity contribution in [1.82, 2.24) is 19.7 Å². The summed E-state index contributed by atoms with van der Waals surface area (Å²) in [5.74, 6) is -0.126. The number of hydrogen-bond donors (Lipinski definition) is 1. The molecule has 6 heteroatoms. The third-order valence-electron chi connectivity index (χ3n) is 4.30. The second kappa shape index (κ2) is 7.49. The van der Waals surface area contributed by atoms with Gasteiger partial charge in [-0.2, -0.15) is 5.10 Å². The first-order valence-electron chi connectivity index (χ1n) is 8.48. The Morgan fingerprint density at radius 1 is 1.12 bits per heavy atom. The van der Waals surface area contributed by atoms with Crippen LogP contribution in [0.15, 0.2) is 53.6 Å². The first kappa shape index (κ1) is 17.8. The van der Waals surface area contributed by atoms with Crippen molar-refractivity contribution < 1.29 is 4.79 Å². The van der Waals surface area contributed by atoms with Gasteiger partial charge in [0.1, 0.15) is 12.9 Å². The topological polar surface area (TPSA) is 68.9 Å². The van der Waals surface area contributed by atoms with Crippen molar-refractivity contribution in [3.05, 3.63) is 81.5 Å². The Morgan fingerprint density at radius 2 is 1.85 bits per heavy atom. The number of nitrogens with zero attached hydrogens (tertiary/aromatic N) is 3. The van der Waals surface area contributed by atoms with Gasteiger partial charge in [-0.15, -0.1) is 0 Å². The lowest BCUT2D eigenvalue weighted by atomic mass is 10.0. The first-order chi connectivity index (χ1) is 12.5. The first-order valence-corrected chi connectivity index (χ1v) is 8.48. The molecule has 0 saturated heterocycles. The maximum atomic E-state index is 12.6. The lowest BCUT2D eigenvalue weighted by molar-refractivity contribution is 0.0965. The Hall–Kier alpha value is -2.99. The fourth-order valence-electron chi connectivity index (χ4n) is 2.95. The van der Waals surface area contributed by atoms with Gasteiger partial charge in [-0.25, -0.2) is 14.0 Å². The van der Waals surface area contributed by atoms with E-state index in [0.29, 0.717) is 5.56 Å². The number of aryl methyl sites for hydroxylation is 2. The minimum atomic E-state index is -0.329. The molecule has 2 aromatic carbocycles. The van der Waals surface area contributed by atoms with Crippen LogP contribution in [0.4, 0.5) is 0 Å². The highest BCUT2D eigenvalue weighted by atomic mass is 16.2. The van der Waals surface area contributed by atoms with Gasteiger partial charge in [0, 0.05) is 12.1 Å². The van der Waals surface area contributed by atoms with E-state index >= 15 is 0 Å². The van der Waals surface area contributed by atoms with Crippen molar-refractivity contribution in [2.75, 3.05) is 7.05 Å². The predicted octanol–water partition coefficient (Wildman–Crippen LogP) is 2.25. The van der Waals surface area contributed by atoms with E-state index in [1.165, 1.54) is 15.6 Å². The van der Waals surface area contributed by atoms with Gasteiger partial charge in [-0.3, -0.25) is 4.79 Å². The highest BCUT2D eigenvalue weighted by Gasteiger charge is 2.14. The molecular formula is C20H22N4O2. The van der Waals surface area contributed by atoms with Gasteiger partial charge in [0.05, 0.1) is 5.69 Å². The maximum absolute atomic E-state index is 12.6. The number of aromatic nitrogens is 3. The van der Waals surface area contributed by atoms with Gasteiger partial charge < -0.3 is 5.32 Å². The predicted molar refractivity (Wildman–Crippen MR) is 101 cm³/mol. The second-order valence-corrected chi connectivity index (χ2v) is 6.38. The van der Waals surface area contributed by atoms with Crippen LogP contribution >= 0.6 is 0 Å². The monoisotopic (exact) mass is 350 g/mol. The molecule has 0 aliphatic carbocycles. The Balaban J connectivity index is 1.82. The van der Waals surface area contributed by atoms with Crippen molar-refractivity contribution in [2.45, 2.75) is 26.9 Å². The number of carbonyl (C=O) groups excluding carboxylic acids is 1. The number of benzene rings is 2. The number of ketones is 1.